The fourth-order valence-corrected chi connectivity index (χ4v) is 3.20. The molecule has 0 spiro atoms. The highest BCUT2D eigenvalue weighted by atomic mass is 16.6. The molecule has 4 amide bonds. The number of nitro benzene ring substituents is 1. The molecule has 1 atom stereocenters. The highest BCUT2D eigenvalue weighted by Gasteiger charge is 2.44. The van der Waals surface area contributed by atoms with Crippen molar-refractivity contribution in [3.8, 4) is 0 Å². The quantitative estimate of drug-likeness (QED) is 0.474. The molecule has 150 valence electrons. The summed E-state index contributed by atoms with van der Waals surface area (Å²) in [4.78, 5) is 50.5. The Bertz CT molecular complexity index is 1000. The first-order valence-electron chi connectivity index (χ1n) is 8.95. The maximum absolute atomic E-state index is 12.8. The molecular formula is C20H20N4O5. The zero-order valence-electron chi connectivity index (χ0n) is 16.2. The van der Waals surface area contributed by atoms with Crippen molar-refractivity contribution in [2.24, 2.45) is 0 Å². The van der Waals surface area contributed by atoms with E-state index in [1.54, 1.807) is 19.1 Å². The van der Waals surface area contributed by atoms with E-state index in [4.69, 9.17) is 0 Å². The number of anilines is 2. The molecule has 0 radical (unpaired) electrons. The summed E-state index contributed by atoms with van der Waals surface area (Å²) in [6.07, 6.45) is 0. The minimum Gasteiger partial charge on any atom is -0.324 e. The number of carbonyl (C=O) groups is 3. The Morgan fingerprint density at radius 1 is 1.14 bits per heavy atom. The van der Waals surface area contributed by atoms with Gasteiger partial charge in [-0.2, -0.15) is 0 Å². The van der Waals surface area contributed by atoms with Gasteiger partial charge in [-0.05, 0) is 39.0 Å². The normalized spacial score (nSPS) is 16.3. The van der Waals surface area contributed by atoms with Crippen LogP contribution in [0.2, 0.25) is 0 Å². The van der Waals surface area contributed by atoms with Gasteiger partial charge in [0.05, 0.1) is 16.2 Å². The van der Waals surface area contributed by atoms with Gasteiger partial charge in [-0.25, -0.2) is 4.79 Å². The molecule has 1 aliphatic heterocycles. The number of amides is 4. The van der Waals surface area contributed by atoms with Crippen molar-refractivity contribution < 1.29 is 19.3 Å². The molecule has 2 aromatic rings. The number of benzene rings is 2. The molecule has 0 unspecified atom stereocenters. The summed E-state index contributed by atoms with van der Waals surface area (Å²) < 4.78 is 0. The van der Waals surface area contributed by atoms with Crippen LogP contribution in [0.4, 0.5) is 21.9 Å². The second-order valence-corrected chi connectivity index (χ2v) is 6.84. The van der Waals surface area contributed by atoms with Gasteiger partial charge in [0.1, 0.15) is 12.6 Å². The van der Waals surface area contributed by atoms with Crippen LogP contribution in [0, 0.1) is 24.0 Å². The van der Waals surface area contributed by atoms with Crippen LogP contribution in [0.5, 0.6) is 0 Å². The molecule has 1 saturated heterocycles. The van der Waals surface area contributed by atoms with E-state index in [9.17, 15) is 24.5 Å². The number of imide groups is 1. The van der Waals surface area contributed by atoms with Crippen molar-refractivity contribution in [1.29, 1.82) is 0 Å². The van der Waals surface area contributed by atoms with Crippen LogP contribution in [-0.2, 0) is 9.59 Å². The number of nitrogens with one attached hydrogen (secondary N) is 1. The topological polar surface area (TPSA) is 113 Å². The standard InChI is InChI=1S/C20H20N4O5/c1-12-7-9-15(10-8-12)23-14(3)19(26)22(20(23)27)11-18(25)21-16-5-4-6-17(13(16)2)24(28)29/h4-10,14H,11H2,1-3H3,(H,21,25)/t14-/m1/s1. The Kier molecular flexibility index (Phi) is 5.31. The third kappa shape index (κ3) is 3.79. The molecule has 29 heavy (non-hydrogen) atoms. The van der Waals surface area contributed by atoms with Crippen molar-refractivity contribution >= 4 is 34.9 Å². The molecule has 0 saturated carbocycles. The Hall–Kier alpha value is -3.75. The summed E-state index contributed by atoms with van der Waals surface area (Å²) in [7, 11) is 0. The van der Waals surface area contributed by atoms with E-state index < -0.39 is 35.4 Å². The lowest BCUT2D eigenvalue weighted by Crippen LogP contribution is -2.39. The second-order valence-electron chi connectivity index (χ2n) is 6.84. The van der Waals surface area contributed by atoms with Crippen molar-refractivity contribution in [1.82, 2.24) is 4.90 Å². The minimum atomic E-state index is -0.738. The van der Waals surface area contributed by atoms with Crippen LogP contribution in [-0.4, -0.2) is 40.3 Å². The van der Waals surface area contributed by atoms with Gasteiger partial charge in [0.2, 0.25) is 5.91 Å². The van der Waals surface area contributed by atoms with Crippen LogP contribution in [0.25, 0.3) is 0 Å². The Morgan fingerprint density at radius 2 is 1.79 bits per heavy atom. The molecule has 1 fully saturated rings. The van der Waals surface area contributed by atoms with Crippen LogP contribution in [0.3, 0.4) is 0 Å². The molecule has 2 aromatic carbocycles. The highest BCUT2D eigenvalue weighted by molar-refractivity contribution is 6.16. The number of carbonyl (C=O) groups excluding carboxylic acids is 3. The van der Waals surface area contributed by atoms with Crippen molar-refractivity contribution in [2.45, 2.75) is 26.8 Å². The fraction of sp³-hybridized carbons (Fsp3) is 0.250. The van der Waals surface area contributed by atoms with E-state index in [0.717, 1.165) is 10.5 Å². The Morgan fingerprint density at radius 3 is 2.41 bits per heavy atom. The summed E-state index contributed by atoms with van der Waals surface area (Å²) >= 11 is 0. The molecule has 3 rings (SSSR count). The number of nitro groups is 1. The van der Waals surface area contributed by atoms with E-state index >= 15 is 0 Å². The molecule has 0 bridgehead atoms. The maximum Gasteiger partial charge on any atom is 0.332 e. The number of hydrogen-bond acceptors (Lipinski definition) is 5. The molecule has 0 aromatic heterocycles. The molecule has 0 aliphatic carbocycles. The average molecular weight is 396 g/mol. The van der Waals surface area contributed by atoms with Gasteiger partial charge in [-0.3, -0.25) is 29.5 Å². The van der Waals surface area contributed by atoms with E-state index in [-0.39, 0.29) is 11.4 Å². The first kappa shape index (κ1) is 20.0. The van der Waals surface area contributed by atoms with Gasteiger partial charge in [-0.1, -0.05) is 23.8 Å². The van der Waals surface area contributed by atoms with Gasteiger partial charge in [-0.15, -0.1) is 0 Å². The number of rotatable bonds is 5. The summed E-state index contributed by atoms with van der Waals surface area (Å²) in [6.45, 7) is 4.55. The van der Waals surface area contributed by atoms with Crippen LogP contribution >= 0.6 is 0 Å². The van der Waals surface area contributed by atoms with Gasteiger partial charge in [0.15, 0.2) is 0 Å². The Labute approximate surface area is 167 Å². The number of aryl methyl sites for hydroxylation is 1. The number of nitrogens with zero attached hydrogens (tertiary/aromatic N) is 3. The lowest BCUT2D eigenvalue weighted by Gasteiger charge is -2.19. The fourth-order valence-electron chi connectivity index (χ4n) is 3.20. The molecular weight excluding hydrogens is 376 g/mol. The Balaban J connectivity index is 1.76. The third-order valence-electron chi connectivity index (χ3n) is 4.84. The van der Waals surface area contributed by atoms with Crippen LogP contribution in [0.1, 0.15) is 18.1 Å². The molecule has 9 nitrogen and oxygen atoms in total. The molecule has 1 N–H and O–H groups in total. The minimum absolute atomic E-state index is 0.129. The zero-order valence-corrected chi connectivity index (χ0v) is 16.2. The van der Waals surface area contributed by atoms with E-state index in [2.05, 4.69) is 5.32 Å². The second kappa shape index (κ2) is 7.70. The summed E-state index contributed by atoms with van der Waals surface area (Å²) in [5, 5.41) is 13.6. The third-order valence-corrected chi connectivity index (χ3v) is 4.84. The first-order valence-corrected chi connectivity index (χ1v) is 8.95. The summed E-state index contributed by atoms with van der Waals surface area (Å²) in [5.74, 6) is -1.10. The lowest BCUT2D eigenvalue weighted by atomic mass is 10.1. The maximum atomic E-state index is 12.8. The monoisotopic (exact) mass is 396 g/mol. The van der Waals surface area contributed by atoms with Gasteiger partial charge in [0, 0.05) is 11.8 Å². The predicted octanol–water partition coefficient (Wildman–Crippen LogP) is 3.01. The molecule has 9 heteroatoms. The molecule has 1 heterocycles. The number of hydrogen-bond donors (Lipinski definition) is 1. The van der Waals surface area contributed by atoms with Crippen molar-refractivity contribution in [3.63, 3.8) is 0 Å². The van der Waals surface area contributed by atoms with Gasteiger partial charge in [0.25, 0.3) is 11.6 Å². The van der Waals surface area contributed by atoms with E-state index in [1.165, 1.54) is 30.0 Å². The van der Waals surface area contributed by atoms with Crippen LogP contribution < -0.4 is 10.2 Å². The van der Waals surface area contributed by atoms with Crippen molar-refractivity contribution in [3.05, 3.63) is 63.7 Å². The smallest absolute Gasteiger partial charge is 0.324 e. The predicted molar refractivity (Wildman–Crippen MR) is 107 cm³/mol. The highest BCUT2D eigenvalue weighted by Crippen LogP contribution is 2.27. The van der Waals surface area contributed by atoms with Crippen LogP contribution in [0.15, 0.2) is 42.5 Å². The molecule has 1 aliphatic rings. The van der Waals surface area contributed by atoms with Crippen molar-refractivity contribution in [2.75, 3.05) is 16.8 Å². The lowest BCUT2D eigenvalue weighted by molar-refractivity contribution is -0.385. The van der Waals surface area contributed by atoms with Gasteiger partial charge >= 0.3 is 6.03 Å². The van der Waals surface area contributed by atoms with Gasteiger partial charge < -0.3 is 5.32 Å². The average Bonchev–Trinajstić information content (AvgIpc) is 2.87. The van der Waals surface area contributed by atoms with E-state index in [1.807, 2.05) is 19.1 Å². The first-order chi connectivity index (χ1) is 13.7. The summed E-state index contributed by atoms with van der Waals surface area (Å²) in [6, 6.07) is 10.1. The number of urea groups is 1. The SMILES string of the molecule is Cc1ccc(N2C(=O)N(CC(=O)Nc3cccc([N+](=O)[O-])c3C)C(=O)[C@H]2C)cc1. The zero-order chi connectivity index (χ0) is 21.3. The summed E-state index contributed by atoms with van der Waals surface area (Å²) in [5.41, 5.74) is 2.00. The van der Waals surface area contributed by atoms with E-state index in [0.29, 0.717) is 11.3 Å². The largest absolute Gasteiger partial charge is 0.332 e.